The van der Waals surface area contributed by atoms with Crippen LogP contribution in [-0.2, 0) is 14.2 Å². The highest BCUT2D eigenvalue weighted by molar-refractivity contribution is 5.71. The molecule has 2 heterocycles. The Bertz CT molecular complexity index is 610. The van der Waals surface area contributed by atoms with Gasteiger partial charge in [0.1, 0.15) is 18.9 Å². The number of cyclic esters (lactones) is 1. The molecule has 1 N–H and O–H groups in total. The smallest absolute Gasteiger partial charge is 0.412 e. The zero-order valence-electron chi connectivity index (χ0n) is 16.7. The molecule has 0 spiro atoms. The van der Waals surface area contributed by atoms with Gasteiger partial charge < -0.3 is 19.3 Å². The van der Waals surface area contributed by atoms with Gasteiger partial charge in [0, 0.05) is 6.54 Å². The van der Waals surface area contributed by atoms with Gasteiger partial charge in [0.05, 0.1) is 24.8 Å². The molecule has 2 aliphatic heterocycles. The predicted molar refractivity (Wildman–Crippen MR) is 99.1 cm³/mol. The van der Waals surface area contributed by atoms with Gasteiger partial charge in [-0.25, -0.2) is 9.59 Å². The van der Waals surface area contributed by atoms with E-state index in [2.05, 4.69) is 0 Å². The first kappa shape index (κ1) is 21.2. The predicted octanol–water partition coefficient (Wildman–Crippen LogP) is 2.29. The van der Waals surface area contributed by atoms with Crippen molar-refractivity contribution in [3.05, 3.63) is 23.8 Å². The first-order chi connectivity index (χ1) is 12.6. The minimum atomic E-state index is -0.719. The first-order valence-electron chi connectivity index (χ1n) is 9.06. The summed E-state index contributed by atoms with van der Waals surface area (Å²) in [5, 5.41) is 9.05. The molecular weight excluding hydrogens is 352 g/mol. The maximum absolute atomic E-state index is 12.5. The average Bonchev–Trinajstić information content (AvgIpc) is 3.05. The van der Waals surface area contributed by atoms with E-state index in [1.54, 1.807) is 35.0 Å². The highest BCUT2D eigenvalue weighted by Crippen LogP contribution is 2.34. The van der Waals surface area contributed by atoms with Crippen LogP contribution in [0.4, 0.5) is 9.59 Å². The fourth-order valence-corrected chi connectivity index (χ4v) is 3.23. The Morgan fingerprint density at radius 3 is 2.67 bits per heavy atom. The van der Waals surface area contributed by atoms with Gasteiger partial charge >= 0.3 is 12.2 Å². The normalized spacial score (nSPS) is 24.6. The van der Waals surface area contributed by atoms with Crippen molar-refractivity contribution in [2.45, 2.75) is 51.9 Å². The number of hydrogen-bond acceptors (Lipinski definition) is 6. The summed E-state index contributed by atoms with van der Waals surface area (Å²) in [6, 6.07) is -0.234. The Morgan fingerprint density at radius 2 is 2.07 bits per heavy atom. The molecule has 2 fully saturated rings. The van der Waals surface area contributed by atoms with E-state index >= 15 is 0 Å². The molecule has 27 heavy (non-hydrogen) atoms. The standard InChI is InChI=1S/C19H30N2O6/c1-14(11-22)8-9-20-15(12-26-16(20)23)7-6-10-25-17(24)21-18(2,3)13-27-19(21,4)5/h6-8,15,22H,9-13H2,1-5H3/b7-6+,14-8+. The maximum atomic E-state index is 12.5. The summed E-state index contributed by atoms with van der Waals surface area (Å²) in [6.07, 6.45) is 4.43. The van der Waals surface area contributed by atoms with Crippen molar-refractivity contribution in [2.75, 3.05) is 33.0 Å². The van der Waals surface area contributed by atoms with Crippen LogP contribution < -0.4 is 0 Å². The Hall–Kier alpha value is -2.06. The minimum absolute atomic E-state index is 0.0493. The van der Waals surface area contributed by atoms with E-state index in [4.69, 9.17) is 19.3 Å². The number of ether oxygens (including phenoxy) is 3. The second-order valence-corrected chi connectivity index (χ2v) is 7.89. The van der Waals surface area contributed by atoms with E-state index in [0.29, 0.717) is 13.2 Å². The minimum Gasteiger partial charge on any atom is -0.447 e. The Morgan fingerprint density at radius 1 is 1.37 bits per heavy atom. The van der Waals surface area contributed by atoms with E-state index in [1.165, 1.54) is 0 Å². The molecule has 2 saturated heterocycles. The van der Waals surface area contributed by atoms with Crippen LogP contribution in [0.1, 0.15) is 34.6 Å². The molecule has 1 atom stereocenters. The van der Waals surface area contributed by atoms with E-state index in [-0.39, 0.29) is 25.9 Å². The van der Waals surface area contributed by atoms with Crippen LogP contribution >= 0.6 is 0 Å². The Labute approximate surface area is 160 Å². The monoisotopic (exact) mass is 382 g/mol. The molecule has 8 heteroatoms. The van der Waals surface area contributed by atoms with Crippen LogP contribution in [0.25, 0.3) is 0 Å². The Kier molecular flexibility index (Phi) is 6.54. The molecule has 0 aromatic heterocycles. The van der Waals surface area contributed by atoms with Crippen LogP contribution in [0.5, 0.6) is 0 Å². The molecule has 152 valence electrons. The quantitative estimate of drug-likeness (QED) is 0.709. The molecule has 0 aromatic rings. The van der Waals surface area contributed by atoms with Crippen LogP contribution in [0.2, 0.25) is 0 Å². The van der Waals surface area contributed by atoms with Gasteiger partial charge in [-0.05, 0) is 40.7 Å². The second-order valence-electron chi connectivity index (χ2n) is 7.89. The molecule has 0 aliphatic carbocycles. The molecule has 2 amide bonds. The van der Waals surface area contributed by atoms with Gasteiger partial charge in [0.25, 0.3) is 0 Å². The number of nitrogens with zero attached hydrogens (tertiary/aromatic N) is 2. The average molecular weight is 382 g/mol. The molecule has 0 saturated carbocycles. The van der Waals surface area contributed by atoms with Gasteiger partial charge in [0.15, 0.2) is 0 Å². The maximum Gasteiger partial charge on any atom is 0.412 e. The summed E-state index contributed by atoms with van der Waals surface area (Å²) in [6.45, 7) is 10.4. The number of amides is 2. The van der Waals surface area contributed by atoms with Gasteiger partial charge in [-0.2, -0.15) is 0 Å². The fraction of sp³-hybridized carbons (Fsp3) is 0.684. The third kappa shape index (κ3) is 5.01. The Balaban J connectivity index is 1.89. The highest BCUT2D eigenvalue weighted by atomic mass is 16.6. The van der Waals surface area contributed by atoms with Crippen molar-refractivity contribution >= 4 is 12.2 Å². The van der Waals surface area contributed by atoms with Crippen molar-refractivity contribution in [2.24, 2.45) is 0 Å². The molecule has 2 aliphatic rings. The molecule has 1 unspecified atom stereocenters. The topological polar surface area (TPSA) is 88.5 Å². The van der Waals surface area contributed by atoms with Crippen LogP contribution in [0.3, 0.4) is 0 Å². The summed E-state index contributed by atoms with van der Waals surface area (Å²) >= 11 is 0. The SMILES string of the molecule is C/C(=C\CN1C(=O)OCC1/C=C/COC(=O)N1C(C)(C)COC1(C)C)CO. The zero-order valence-corrected chi connectivity index (χ0v) is 16.7. The first-order valence-corrected chi connectivity index (χ1v) is 9.06. The summed E-state index contributed by atoms with van der Waals surface area (Å²) in [4.78, 5) is 27.4. The van der Waals surface area contributed by atoms with Gasteiger partial charge in [-0.3, -0.25) is 9.80 Å². The van der Waals surface area contributed by atoms with Gasteiger partial charge in [0.2, 0.25) is 0 Å². The number of carbonyl (C=O) groups excluding carboxylic acids is 2. The van der Waals surface area contributed by atoms with E-state index in [1.807, 2.05) is 27.7 Å². The number of carbonyl (C=O) groups is 2. The molecule has 0 aromatic carbocycles. The van der Waals surface area contributed by atoms with Crippen molar-refractivity contribution in [3.8, 4) is 0 Å². The lowest BCUT2D eigenvalue weighted by molar-refractivity contribution is -0.0503. The van der Waals surface area contributed by atoms with Crippen LogP contribution in [0, 0.1) is 0 Å². The van der Waals surface area contributed by atoms with E-state index < -0.39 is 23.5 Å². The summed E-state index contributed by atoms with van der Waals surface area (Å²) in [5.41, 5.74) is -0.377. The van der Waals surface area contributed by atoms with Crippen molar-refractivity contribution < 1.29 is 28.9 Å². The summed E-state index contributed by atoms with van der Waals surface area (Å²) < 4.78 is 16.1. The van der Waals surface area contributed by atoms with Crippen molar-refractivity contribution in [1.82, 2.24) is 9.80 Å². The number of aliphatic hydroxyl groups excluding tert-OH is 1. The van der Waals surface area contributed by atoms with Gasteiger partial charge in [-0.15, -0.1) is 0 Å². The molecule has 0 bridgehead atoms. The second kappa shape index (κ2) is 8.31. The number of aliphatic hydroxyl groups is 1. The van der Waals surface area contributed by atoms with Crippen molar-refractivity contribution in [3.63, 3.8) is 0 Å². The molecule has 8 nitrogen and oxygen atoms in total. The largest absolute Gasteiger partial charge is 0.447 e. The zero-order chi connectivity index (χ0) is 20.2. The lowest BCUT2D eigenvalue weighted by atomic mass is 10.0. The summed E-state index contributed by atoms with van der Waals surface area (Å²) in [5.74, 6) is 0. The van der Waals surface area contributed by atoms with Gasteiger partial charge in [-0.1, -0.05) is 17.7 Å². The fourth-order valence-electron chi connectivity index (χ4n) is 3.23. The van der Waals surface area contributed by atoms with Crippen LogP contribution in [-0.4, -0.2) is 77.4 Å². The lowest BCUT2D eigenvalue weighted by Crippen LogP contribution is -2.52. The summed E-state index contributed by atoms with van der Waals surface area (Å²) in [7, 11) is 0. The molecule has 0 radical (unpaired) electrons. The van der Waals surface area contributed by atoms with Crippen molar-refractivity contribution in [1.29, 1.82) is 0 Å². The van der Waals surface area contributed by atoms with E-state index in [9.17, 15) is 9.59 Å². The third-order valence-corrected chi connectivity index (χ3v) is 4.66. The lowest BCUT2D eigenvalue weighted by Gasteiger charge is -2.36. The number of hydrogen-bond donors (Lipinski definition) is 1. The van der Waals surface area contributed by atoms with Crippen LogP contribution in [0.15, 0.2) is 23.8 Å². The molecule has 2 rings (SSSR count). The van der Waals surface area contributed by atoms with E-state index in [0.717, 1.165) is 5.57 Å². The number of rotatable bonds is 6. The third-order valence-electron chi connectivity index (χ3n) is 4.66. The molecular formula is C19H30N2O6. The highest BCUT2D eigenvalue weighted by Gasteiger charge is 2.49.